The third-order valence-electron chi connectivity index (χ3n) is 3.21. The van der Waals surface area contributed by atoms with E-state index < -0.39 is 0 Å². The van der Waals surface area contributed by atoms with Crippen molar-refractivity contribution in [3.63, 3.8) is 0 Å². The van der Waals surface area contributed by atoms with Crippen LogP contribution in [0.4, 0.5) is 5.13 Å². The van der Waals surface area contributed by atoms with E-state index in [1.54, 1.807) is 23.6 Å². The Kier molecular flexibility index (Phi) is 4.23. The summed E-state index contributed by atoms with van der Waals surface area (Å²) in [6.07, 6.45) is 6.32. The Morgan fingerprint density at radius 3 is 2.85 bits per heavy atom. The molecule has 1 aromatic heterocycles. The van der Waals surface area contributed by atoms with Crippen molar-refractivity contribution in [1.29, 1.82) is 0 Å². The van der Waals surface area contributed by atoms with Crippen LogP contribution in [0.5, 0.6) is 5.75 Å². The Balaban J connectivity index is 1.89. The first kappa shape index (κ1) is 14.2. The van der Waals surface area contributed by atoms with Crippen LogP contribution >= 0.6 is 43.2 Å². The zero-order valence-corrected chi connectivity index (χ0v) is 14.6. The van der Waals surface area contributed by atoms with Crippen molar-refractivity contribution in [2.45, 2.75) is 25.7 Å². The van der Waals surface area contributed by atoms with E-state index in [-0.39, 0.29) is 5.75 Å². The highest BCUT2D eigenvalue weighted by atomic mass is 79.9. The van der Waals surface area contributed by atoms with Gasteiger partial charge in [-0.25, -0.2) is 9.98 Å². The molecule has 1 aromatic carbocycles. The zero-order chi connectivity index (χ0) is 14.1. The van der Waals surface area contributed by atoms with E-state index in [0.717, 1.165) is 22.4 Å². The molecule has 0 atom stereocenters. The van der Waals surface area contributed by atoms with Crippen LogP contribution < -0.4 is 0 Å². The zero-order valence-electron chi connectivity index (χ0n) is 10.6. The summed E-state index contributed by atoms with van der Waals surface area (Å²) in [6, 6.07) is 3.63. The van der Waals surface area contributed by atoms with E-state index in [9.17, 15) is 5.11 Å². The molecule has 0 saturated carbocycles. The van der Waals surface area contributed by atoms with Crippen molar-refractivity contribution in [2.24, 2.45) is 4.99 Å². The molecule has 6 heteroatoms. The number of hydrogen-bond donors (Lipinski definition) is 1. The first-order valence-corrected chi connectivity index (χ1v) is 8.74. The summed E-state index contributed by atoms with van der Waals surface area (Å²) in [5.74, 6) is 0.193. The van der Waals surface area contributed by atoms with Crippen LogP contribution in [0.25, 0.3) is 0 Å². The molecule has 0 radical (unpaired) electrons. The van der Waals surface area contributed by atoms with Crippen LogP contribution in [-0.4, -0.2) is 16.3 Å². The van der Waals surface area contributed by atoms with Gasteiger partial charge in [0.25, 0.3) is 0 Å². The number of aryl methyl sites for hydroxylation is 2. The maximum atomic E-state index is 9.99. The second-order valence-electron chi connectivity index (χ2n) is 4.66. The molecule has 1 aliphatic rings. The number of aliphatic imine (C=N–C) groups is 1. The Bertz CT molecular complexity index is 659. The van der Waals surface area contributed by atoms with Gasteiger partial charge in [0.2, 0.25) is 5.13 Å². The van der Waals surface area contributed by atoms with E-state index >= 15 is 0 Å². The average Bonchev–Trinajstić information content (AvgIpc) is 2.84. The Hall–Kier alpha value is -0.720. The lowest BCUT2D eigenvalue weighted by molar-refractivity contribution is 0.471. The van der Waals surface area contributed by atoms with E-state index in [1.807, 2.05) is 6.07 Å². The van der Waals surface area contributed by atoms with Gasteiger partial charge in [-0.2, -0.15) is 0 Å². The summed E-state index contributed by atoms with van der Waals surface area (Å²) < 4.78 is 1.54. The highest BCUT2D eigenvalue weighted by Crippen LogP contribution is 2.33. The van der Waals surface area contributed by atoms with E-state index in [1.165, 1.54) is 23.4 Å². The van der Waals surface area contributed by atoms with Gasteiger partial charge < -0.3 is 5.11 Å². The largest absolute Gasteiger partial charge is 0.506 e. The molecule has 1 N–H and O–H groups in total. The normalized spacial score (nSPS) is 14.7. The highest BCUT2D eigenvalue weighted by molar-refractivity contribution is 9.11. The molecule has 1 aliphatic carbocycles. The second-order valence-corrected chi connectivity index (χ2v) is 7.49. The monoisotopic (exact) mass is 414 g/mol. The standard InChI is InChI=1S/C14H12Br2N2OS/c15-9-5-8(13(19)10(16)6-9)7-17-14-18-11-3-1-2-4-12(11)20-14/h5-7,19H,1-4H2/b17-7+. The van der Waals surface area contributed by atoms with E-state index in [0.29, 0.717) is 10.0 Å². The molecule has 0 aliphatic heterocycles. The first-order chi connectivity index (χ1) is 9.63. The molecule has 0 saturated heterocycles. The van der Waals surface area contributed by atoms with Crippen LogP contribution in [0, 0.1) is 0 Å². The number of rotatable bonds is 2. The number of thiazole rings is 1. The van der Waals surface area contributed by atoms with Crippen molar-refractivity contribution in [2.75, 3.05) is 0 Å². The minimum absolute atomic E-state index is 0.193. The number of aromatic nitrogens is 1. The fraction of sp³-hybridized carbons (Fsp3) is 0.286. The SMILES string of the molecule is Oc1c(Br)cc(Br)cc1/C=N/c1nc2c(s1)CCCC2. The van der Waals surface area contributed by atoms with Gasteiger partial charge in [0.1, 0.15) is 5.75 Å². The number of phenolic OH excluding ortho intramolecular Hbond substituents is 1. The van der Waals surface area contributed by atoms with Gasteiger partial charge in [-0.15, -0.1) is 0 Å². The molecule has 0 fully saturated rings. The van der Waals surface area contributed by atoms with Gasteiger partial charge in [0, 0.05) is 21.1 Å². The van der Waals surface area contributed by atoms with Gasteiger partial charge in [-0.05, 0) is 53.7 Å². The molecule has 3 rings (SSSR count). The highest BCUT2D eigenvalue weighted by Gasteiger charge is 2.14. The van der Waals surface area contributed by atoms with Gasteiger partial charge in [-0.1, -0.05) is 27.3 Å². The van der Waals surface area contributed by atoms with Crippen molar-refractivity contribution in [3.05, 3.63) is 37.2 Å². The van der Waals surface area contributed by atoms with Crippen LogP contribution in [0.15, 0.2) is 26.1 Å². The third kappa shape index (κ3) is 2.97. The molecule has 3 nitrogen and oxygen atoms in total. The minimum atomic E-state index is 0.193. The first-order valence-electron chi connectivity index (χ1n) is 6.34. The number of hydrogen-bond acceptors (Lipinski definition) is 4. The summed E-state index contributed by atoms with van der Waals surface area (Å²) in [5, 5.41) is 10.8. The summed E-state index contributed by atoms with van der Waals surface area (Å²) in [5.41, 5.74) is 1.87. The second kappa shape index (κ2) is 5.95. The molecule has 0 spiro atoms. The maximum Gasteiger partial charge on any atom is 0.209 e. The lowest BCUT2D eigenvalue weighted by Crippen LogP contribution is -1.98. The molecule has 0 bridgehead atoms. The van der Waals surface area contributed by atoms with Crippen molar-refractivity contribution in [1.82, 2.24) is 4.98 Å². The van der Waals surface area contributed by atoms with Crippen LogP contribution in [0.2, 0.25) is 0 Å². The third-order valence-corrected chi connectivity index (χ3v) is 5.33. The number of benzene rings is 1. The number of nitrogens with zero attached hydrogens (tertiary/aromatic N) is 2. The lowest BCUT2D eigenvalue weighted by atomic mass is 10.0. The minimum Gasteiger partial charge on any atom is -0.506 e. The topological polar surface area (TPSA) is 45.5 Å². The smallest absolute Gasteiger partial charge is 0.209 e. The van der Waals surface area contributed by atoms with Crippen LogP contribution in [0.1, 0.15) is 29.0 Å². The fourth-order valence-electron chi connectivity index (χ4n) is 2.20. The number of fused-ring (bicyclic) bond motifs is 1. The summed E-state index contributed by atoms with van der Waals surface area (Å²) in [6.45, 7) is 0. The molecule has 2 aromatic rings. The number of halogens is 2. The van der Waals surface area contributed by atoms with Gasteiger partial charge in [0.05, 0.1) is 10.2 Å². The fourth-order valence-corrected chi connectivity index (χ4v) is 4.45. The predicted octanol–water partition coefficient (Wildman–Crippen LogP) is 5.00. The van der Waals surface area contributed by atoms with Gasteiger partial charge >= 0.3 is 0 Å². The molecule has 0 amide bonds. The molecule has 104 valence electrons. The van der Waals surface area contributed by atoms with E-state index in [4.69, 9.17) is 0 Å². The van der Waals surface area contributed by atoms with Crippen molar-refractivity contribution in [3.8, 4) is 5.75 Å². The molecular formula is C14H12Br2N2OS. The van der Waals surface area contributed by atoms with Gasteiger partial charge in [0.15, 0.2) is 0 Å². The van der Waals surface area contributed by atoms with Gasteiger partial charge in [-0.3, -0.25) is 0 Å². The van der Waals surface area contributed by atoms with Crippen LogP contribution in [-0.2, 0) is 12.8 Å². The summed E-state index contributed by atoms with van der Waals surface area (Å²) in [7, 11) is 0. The maximum absolute atomic E-state index is 9.99. The van der Waals surface area contributed by atoms with Crippen molar-refractivity contribution < 1.29 is 5.11 Å². The molecule has 20 heavy (non-hydrogen) atoms. The van der Waals surface area contributed by atoms with Crippen molar-refractivity contribution >= 4 is 54.5 Å². The Morgan fingerprint density at radius 2 is 2.05 bits per heavy atom. The number of aromatic hydroxyl groups is 1. The molecule has 1 heterocycles. The predicted molar refractivity (Wildman–Crippen MR) is 89.5 cm³/mol. The summed E-state index contributed by atoms with van der Waals surface area (Å²) in [4.78, 5) is 10.3. The Labute approximate surface area is 138 Å². The molecular weight excluding hydrogens is 404 g/mol. The summed E-state index contributed by atoms with van der Waals surface area (Å²) >= 11 is 8.37. The van der Waals surface area contributed by atoms with E-state index in [2.05, 4.69) is 41.8 Å². The number of phenols is 1. The molecule has 0 unspecified atom stereocenters. The average molecular weight is 416 g/mol. The quantitative estimate of drug-likeness (QED) is 0.701. The van der Waals surface area contributed by atoms with Crippen LogP contribution in [0.3, 0.4) is 0 Å². The Morgan fingerprint density at radius 1 is 1.25 bits per heavy atom. The lowest BCUT2D eigenvalue weighted by Gasteiger charge is -2.06.